The second-order valence-corrected chi connectivity index (χ2v) is 13.3. The molecule has 45 heavy (non-hydrogen) atoms. The minimum absolute atomic E-state index is 0.0877. The highest BCUT2D eigenvalue weighted by molar-refractivity contribution is 6.19. The van der Waals surface area contributed by atoms with Gasteiger partial charge in [0.15, 0.2) is 5.69 Å². The number of phenolic OH excluding ortho intramolecular Hbond substituents is 1. The number of halogens is 1. The van der Waals surface area contributed by atoms with Crippen LogP contribution in [-0.4, -0.2) is 65.9 Å². The molecule has 234 valence electrons. The number of rotatable bonds is 8. The molecule has 1 aliphatic heterocycles. The fourth-order valence-electron chi connectivity index (χ4n) is 5.63. The average Bonchev–Trinajstić information content (AvgIpc) is 3.73. The summed E-state index contributed by atoms with van der Waals surface area (Å²) in [6.45, 7) is 11.0. The lowest BCUT2D eigenvalue weighted by Gasteiger charge is -2.27. The Kier molecular flexibility index (Phi) is 7.78. The van der Waals surface area contributed by atoms with E-state index in [4.69, 9.17) is 16.3 Å². The summed E-state index contributed by atoms with van der Waals surface area (Å²) in [6, 6.07) is 12.6. The molecule has 2 amide bonds. The van der Waals surface area contributed by atoms with E-state index in [0.29, 0.717) is 42.5 Å². The lowest BCUT2D eigenvalue weighted by Crippen LogP contribution is -2.30. The van der Waals surface area contributed by atoms with Gasteiger partial charge in [-0.2, -0.15) is 0 Å². The summed E-state index contributed by atoms with van der Waals surface area (Å²) >= 11 is 6.35. The maximum atomic E-state index is 13.8. The Bertz CT molecular complexity index is 1920. The molecule has 2 aromatic carbocycles. The average molecular weight is 630 g/mol. The number of carbonyl (C=O) groups is 2. The Morgan fingerprint density at radius 1 is 1.04 bits per heavy atom. The number of hydrogen-bond acceptors (Lipinski definition) is 7. The van der Waals surface area contributed by atoms with Gasteiger partial charge in [-0.25, -0.2) is 9.67 Å². The second kappa shape index (κ2) is 11.5. The van der Waals surface area contributed by atoms with Crippen LogP contribution in [0.15, 0.2) is 61.1 Å². The SMILES string of the molecule is CC(C)(C)OCCC(C)(C)n1cc(C(=O)Nc2ccc3nc(C(=O)N4CC(CCl)c5c4cc(O)c4ccccc54)cn3c2)nn1. The zero-order valence-corrected chi connectivity index (χ0v) is 26.7. The van der Waals surface area contributed by atoms with Crippen molar-refractivity contribution in [1.29, 1.82) is 0 Å². The van der Waals surface area contributed by atoms with E-state index >= 15 is 0 Å². The number of aromatic nitrogens is 5. The van der Waals surface area contributed by atoms with Crippen molar-refractivity contribution in [3.63, 3.8) is 0 Å². The zero-order chi connectivity index (χ0) is 32.1. The molecule has 0 bridgehead atoms. The number of ether oxygens (including phenoxy) is 1. The van der Waals surface area contributed by atoms with Gasteiger partial charge in [-0.1, -0.05) is 29.5 Å². The molecule has 4 heterocycles. The summed E-state index contributed by atoms with van der Waals surface area (Å²) in [5, 5.41) is 23.5. The van der Waals surface area contributed by atoms with E-state index in [-0.39, 0.29) is 34.6 Å². The van der Waals surface area contributed by atoms with Crippen LogP contribution in [-0.2, 0) is 10.3 Å². The number of benzene rings is 2. The monoisotopic (exact) mass is 629 g/mol. The first kappa shape index (κ1) is 30.5. The molecule has 12 heteroatoms. The van der Waals surface area contributed by atoms with Crippen molar-refractivity contribution in [3.05, 3.63) is 78.0 Å². The van der Waals surface area contributed by atoms with Gasteiger partial charge in [0.1, 0.15) is 17.1 Å². The largest absolute Gasteiger partial charge is 0.507 e. The van der Waals surface area contributed by atoms with E-state index < -0.39 is 11.4 Å². The van der Waals surface area contributed by atoms with Crippen LogP contribution in [0.1, 0.15) is 73.5 Å². The fraction of sp³-hybridized carbons (Fsp3) is 0.364. The minimum atomic E-state index is -0.411. The van der Waals surface area contributed by atoms with Crippen LogP contribution >= 0.6 is 11.6 Å². The van der Waals surface area contributed by atoms with Gasteiger partial charge in [-0.15, -0.1) is 16.7 Å². The van der Waals surface area contributed by atoms with Crippen LogP contribution in [0.25, 0.3) is 16.4 Å². The summed E-state index contributed by atoms with van der Waals surface area (Å²) in [6.07, 6.45) is 5.64. The quantitative estimate of drug-likeness (QED) is 0.203. The third-order valence-electron chi connectivity index (χ3n) is 8.10. The number of imidazole rings is 1. The second-order valence-electron chi connectivity index (χ2n) is 13.0. The first-order valence-corrected chi connectivity index (χ1v) is 15.4. The molecule has 11 nitrogen and oxygen atoms in total. The van der Waals surface area contributed by atoms with Gasteiger partial charge < -0.3 is 24.5 Å². The molecule has 6 rings (SSSR count). The summed E-state index contributed by atoms with van der Waals surface area (Å²) < 4.78 is 9.22. The van der Waals surface area contributed by atoms with Gasteiger partial charge in [-0.3, -0.25) is 9.59 Å². The van der Waals surface area contributed by atoms with E-state index in [1.165, 1.54) is 0 Å². The maximum absolute atomic E-state index is 13.8. The molecule has 1 atom stereocenters. The Morgan fingerprint density at radius 2 is 1.80 bits per heavy atom. The lowest BCUT2D eigenvalue weighted by atomic mass is 9.95. The van der Waals surface area contributed by atoms with Crippen molar-refractivity contribution < 1.29 is 19.4 Å². The number of pyridine rings is 1. The minimum Gasteiger partial charge on any atom is -0.507 e. The van der Waals surface area contributed by atoms with Crippen molar-refractivity contribution >= 4 is 51.2 Å². The molecule has 1 unspecified atom stereocenters. The number of anilines is 2. The molecular formula is C33H36ClN7O4. The number of hydrogen-bond donors (Lipinski definition) is 2. The highest BCUT2D eigenvalue weighted by atomic mass is 35.5. The van der Waals surface area contributed by atoms with Gasteiger partial charge in [0, 0.05) is 48.8 Å². The van der Waals surface area contributed by atoms with Crippen molar-refractivity contribution in [1.82, 2.24) is 24.4 Å². The van der Waals surface area contributed by atoms with Crippen LogP contribution < -0.4 is 10.2 Å². The number of alkyl halides is 1. The van der Waals surface area contributed by atoms with Crippen LogP contribution in [0.2, 0.25) is 0 Å². The lowest BCUT2D eigenvalue weighted by molar-refractivity contribution is -0.0153. The van der Waals surface area contributed by atoms with Crippen molar-refractivity contribution in [2.24, 2.45) is 0 Å². The Hall–Kier alpha value is -4.48. The van der Waals surface area contributed by atoms with Gasteiger partial charge in [-0.05, 0) is 64.1 Å². The normalized spacial score (nSPS) is 15.2. The Balaban J connectivity index is 1.19. The standard InChI is InChI=1S/C33H36ClN7O4/c1-32(2,3)45-13-12-33(4,5)41-19-24(37-38-41)30(43)35-21-10-11-28-36-25(18-39(28)17-21)31(44)40-16-20(15-34)29-23-9-7-6-8-22(23)27(42)14-26(29)40/h6-11,14,17-20,42H,12-13,15-16H2,1-5H3,(H,35,43). The topological polar surface area (TPSA) is 127 Å². The zero-order valence-electron chi connectivity index (χ0n) is 25.9. The summed E-state index contributed by atoms with van der Waals surface area (Å²) in [5.74, 6) is -0.371. The fourth-order valence-corrected chi connectivity index (χ4v) is 5.88. The Morgan fingerprint density at radius 3 is 2.53 bits per heavy atom. The van der Waals surface area contributed by atoms with Crippen molar-refractivity contribution in [3.8, 4) is 5.75 Å². The van der Waals surface area contributed by atoms with Gasteiger partial charge in [0.2, 0.25) is 0 Å². The van der Waals surface area contributed by atoms with Gasteiger partial charge in [0.25, 0.3) is 11.8 Å². The number of nitrogens with zero attached hydrogens (tertiary/aromatic N) is 6. The highest BCUT2D eigenvalue weighted by Crippen LogP contribution is 2.45. The molecule has 0 fully saturated rings. The highest BCUT2D eigenvalue weighted by Gasteiger charge is 2.35. The third-order valence-corrected chi connectivity index (χ3v) is 8.47. The molecule has 0 spiro atoms. The number of carbonyl (C=O) groups excluding carboxylic acids is 2. The van der Waals surface area contributed by atoms with Crippen molar-refractivity contribution in [2.75, 3.05) is 29.2 Å². The van der Waals surface area contributed by atoms with Gasteiger partial charge >= 0.3 is 0 Å². The number of aromatic hydroxyl groups is 1. The predicted molar refractivity (Wildman–Crippen MR) is 174 cm³/mol. The van der Waals surface area contributed by atoms with Crippen LogP contribution in [0.4, 0.5) is 11.4 Å². The molecule has 3 aromatic heterocycles. The molecular weight excluding hydrogens is 594 g/mol. The number of nitrogens with one attached hydrogen (secondary N) is 1. The van der Waals surface area contributed by atoms with E-state index in [2.05, 4.69) is 20.6 Å². The van der Waals surface area contributed by atoms with Crippen LogP contribution in [0, 0.1) is 0 Å². The molecule has 0 saturated heterocycles. The predicted octanol–water partition coefficient (Wildman–Crippen LogP) is 5.96. The first-order valence-electron chi connectivity index (χ1n) is 14.8. The molecule has 0 saturated carbocycles. The van der Waals surface area contributed by atoms with E-state index in [1.807, 2.05) is 58.9 Å². The van der Waals surface area contributed by atoms with Crippen LogP contribution in [0.5, 0.6) is 5.75 Å². The summed E-state index contributed by atoms with van der Waals surface area (Å²) in [7, 11) is 0. The first-order chi connectivity index (χ1) is 21.3. The molecule has 1 aliphatic rings. The third kappa shape index (κ3) is 5.97. The number of amides is 2. The number of phenols is 1. The molecule has 0 aliphatic carbocycles. The molecule has 0 radical (unpaired) electrons. The van der Waals surface area contributed by atoms with E-state index in [1.54, 1.807) is 50.8 Å². The molecule has 5 aromatic rings. The summed E-state index contributed by atoms with van der Waals surface area (Å²) in [4.78, 5) is 33.0. The summed E-state index contributed by atoms with van der Waals surface area (Å²) in [5.41, 5.74) is 2.38. The van der Waals surface area contributed by atoms with Gasteiger partial charge in [0.05, 0.1) is 28.7 Å². The smallest absolute Gasteiger partial charge is 0.278 e. The van der Waals surface area contributed by atoms with Crippen LogP contribution in [0.3, 0.4) is 0 Å². The van der Waals surface area contributed by atoms with Crippen molar-refractivity contribution in [2.45, 2.75) is 58.1 Å². The Labute approximate surface area is 265 Å². The number of fused-ring (bicyclic) bond motifs is 4. The maximum Gasteiger partial charge on any atom is 0.278 e. The molecule has 2 N–H and O–H groups in total. The van der Waals surface area contributed by atoms with E-state index in [0.717, 1.165) is 16.3 Å². The van der Waals surface area contributed by atoms with E-state index in [9.17, 15) is 14.7 Å².